The number of alkyl halides is 3. The van der Waals surface area contributed by atoms with Gasteiger partial charge in [-0.1, -0.05) is 12.8 Å². The average molecular weight is 471 g/mol. The molecular formula is C16H35F3N2O8P+. The van der Waals surface area contributed by atoms with Crippen LogP contribution in [0.15, 0.2) is 0 Å². The highest BCUT2D eigenvalue weighted by atomic mass is 31.2. The van der Waals surface area contributed by atoms with Gasteiger partial charge in [-0.2, -0.15) is 13.2 Å². The number of carboxylic acid groups (broad SMARTS) is 1. The van der Waals surface area contributed by atoms with E-state index >= 15 is 0 Å². The predicted molar refractivity (Wildman–Crippen MR) is 103 cm³/mol. The number of hydrogen-bond donors (Lipinski definition) is 4. The summed E-state index contributed by atoms with van der Waals surface area (Å²) in [5, 5.41) is 16.8. The minimum Gasteiger partial charge on any atom is -0.475 e. The van der Waals surface area contributed by atoms with Crippen LogP contribution in [0.2, 0.25) is 0 Å². The number of nitrogens with two attached hydrogens (primary N) is 1. The van der Waals surface area contributed by atoms with Gasteiger partial charge < -0.3 is 30.1 Å². The number of quaternary nitrogens is 1. The van der Waals surface area contributed by atoms with Gasteiger partial charge in [0.15, 0.2) is 0 Å². The summed E-state index contributed by atoms with van der Waals surface area (Å²) in [7, 11) is 1.72. The zero-order chi connectivity index (χ0) is 23.8. The van der Waals surface area contributed by atoms with Crippen LogP contribution in [0.5, 0.6) is 0 Å². The Morgan fingerprint density at radius 1 is 1.07 bits per heavy atom. The second-order valence-electron chi connectivity index (χ2n) is 7.35. The van der Waals surface area contributed by atoms with E-state index in [-0.39, 0.29) is 19.8 Å². The van der Waals surface area contributed by atoms with Crippen LogP contribution in [0.4, 0.5) is 13.2 Å². The zero-order valence-electron chi connectivity index (χ0n) is 17.6. The molecule has 0 aromatic rings. The second kappa shape index (κ2) is 15.9. The molecule has 0 spiro atoms. The van der Waals surface area contributed by atoms with Crippen molar-refractivity contribution in [2.45, 2.75) is 38.0 Å². The number of phosphoric acid groups is 1. The number of phosphoric ester groups is 1. The van der Waals surface area contributed by atoms with Crippen LogP contribution in [0, 0.1) is 0 Å². The van der Waals surface area contributed by atoms with E-state index in [0.29, 0.717) is 24.2 Å². The van der Waals surface area contributed by atoms with Gasteiger partial charge in [-0.3, -0.25) is 9.05 Å². The van der Waals surface area contributed by atoms with Gasteiger partial charge in [-0.05, 0) is 19.4 Å². The number of halogens is 3. The first-order valence-electron chi connectivity index (χ1n) is 9.29. The first-order chi connectivity index (χ1) is 13.6. The molecular weight excluding hydrogens is 436 g/mol. The van der Waals surface area contributed by atoms with Crippen LogP contribution in [0.3, 0.4) is 0 Å². The molecule has 0 amide bonds. The Kier molecular flexibility index (Phi) is 16.7. The van der Waals surface area contributed by atoms with Crippen molar-refractivity contribution < 1.29 is 55.9 Å². The van der Waals surface area contributed by atoms with E-state index < -0.39 is 26.1 Å². The van der Waals surface area contributed by atoms with Crippen molar-refractivity contribution in [3.63, 3.8) is 0 Å². The minimum atomic E-state index is -5.08. The number of likely N-dealkylation sites (N-methyl/N-ethyl adjacent to an activating group) is 1. The molecule has 2 unspecified atom stereocenters. The summed E-state index contributed by atoms with van der Waals surface area (Å²) in [5.41, 5.74) is 5.40. The van der Waals surface area contributed by atoms with Gasteiger partial charge in [-0.25, -0.2) is 9.36 Å². The Morgan fingerprint density at radius 3 is 2.07 bits per heavy atom. The highest BCUT2D eigenvalue weighted by Crippen LogP contribution is 2.43. The smallest absolute Gasteiger partial charge is 0.475 e. The Hall–Kier alpha value is -0.790. The molecule has 182 valence electrons. The van der Waals surface area contributed by atoms with Crippen molar-refractivity contribution in [1.82, 2.24) is 0 Å². The number of ether oxygens (including phenoxy) is 1. The van der Waals surface area contributed by atoms with Crippen LogP contribution in [-0.4, -0.2) is 98.5 Å². The Labute approximate surface area is 174 Å². The van der Waals surface area contributed by atoms with Gasteiger partial charge in [0, 0.05) is 6.61 Å². The summed E-state index contributed by atoms with van der Waals surface area (Å²) >= 11 is 0. The van der Waals surface area contributed by atoms with E-state index in [4.69, 9.17) is 29.4 Å². The minimum absolute atomic E-state index is 0.0652. The van der Waals surface area contributed by atoms with E-state index in [1.54, 1.807) is 0 Å². The van der Waals surface area contributed by atoms with Crippen LogP contribution in [-0.2, 0) is 23.1 Å². The molecule has 0 radical (unpaired) electrons. The number of rotatable bonds is 15. The van der Waals surface area contributed by atoms with Gasteiger partial charge in [-0.15, -0.1) is 0 Å². The maximum Gasteiger partial charge on any atom is 0.490 e. The van der Waals surface area contributed by atoms with E-state index in [0.717, 1.165) is 25.7 Å². The number of nitrogens with zero attached hydrogens (tertiary/aromatic N) is 1. The number of aliphatic hydroxyl groups is 1. The molecule has 0 heterocycles. The van der Waals surface area contributed by atoms with Crippen LogP contribution in [0.25, 0.3) is 0 Å². The summed E-state index contributed by atoms with van der Waals surface area (Å²) in [6.45, 7) is 1.69. The molecule has 0 aliphatic carbocycles. The lowest BCUT2D eigenvalue weighted by molar-refractivity contribution is -0.870. The number of carboxylic acids is 1. The molecule has 2 atom stereocenters. The summed E-state index contributed by atoms with van der Waals surface area (Å²) in [5.74, 6) is -2.76. The quantitative estimate of drug-likeness (QED) is 0.158. The fraction of sp³-hybridized carbons (Fsp3) is 0.938. The van der Waals surface area contributed by atoms with E-state index in [2.05, 4.69) is 0 Å². The second-order valence-corrected chi connectivity index (χ2v) is 8.80. The van der Waals surface area contributed by atoms with Crippen LogP contribution >= 0.6 is 7.82 Å². The van der Waals surface area contributed by atoms with Crippen molar-refractivity contribution in [2.24, 2.45) is 5.73 Å². The molecule has 0 saturated carbocycles. The summed E-state index contributed by atoms with van der Waals surface area (Å²) in [6, 6.07) is 0. The molecule has 14 heteroatoms. The predicted octanol–water partition coefficient (Wildman–Crippen LogP) is 1.36. The third-order valence-electron chi connectivity index (χ3n) is 3.24. The summed E-state index contributed by atoms with van der Waals surface area (Å²) in [4.78, 5) is 18.4. The van der Waals surface area contributed by atoms with E-state index in [1.165, 1.54) is 0 Å². The summed E-state index contributed by atoms with van der Waals surface area (Å²) < 4.78 is 58.9. The Balaban J connectivity index is 0. The molecule has 0 rings (SSSR count). The molecule has 5 N–H and O–H groups in total. The number of hydrogen-bond acceptors (Lipinski definition) is 7. The fourth-order valence-electron chi connectivity index (χ4n) is 1.62. The first kappa shape index (κ1) is 31.4. The average Bonchev–Trinajstić information content (AvgIpc) is 2.57. The van der Waals surface area contributed by atoms with Crippen molar-refractivity contribution in [2.75, 3.05) is 60.7 Å². The van der Waals surface area contributed by atoms with Gasteiger partial charge in [0.1, 0.15) is 19.3 Å². The lowest BCUT2D eigenvalue weighted by atomic mass is 10.2. The number of aliphatic hydroxyl groups excluding tert-OH is 1. The van der Waals surface area contributed by atoms with Gasteiger partial charge in [0.05, 0.1) is 34.4 Å². The largest absolute Gasteiger partial charge is 0.490 e. The first-order valence-corrected chi connectivity index (χ1v) is 10.8. The maximum atomic E-state index is 11.6. The molecule has 0 aliphatic rings. The Bertz CT molecular complexity index is 504. The molecule has 10 nitrogen and oxygen atoms in total. The highest BCUT2D eigenvalue weighted by Gasteiger charge is 2.38. The third kappa shape index (κ3) is 23.5. The zero-order valence-corrected chi connectivity index (χ0v) is 18.5. The number of aliphatic carboxylic acids is 1. The highest BCUT2D eigenvalue weighted by molar-refractivity contribution is 7.47. The number of unbranched alkanes of at least 4 members (excludes halogenated alkanes) is 3. The van der Waals surface area contributed by atoms with Crippen molar-refractivity contribution in [3.8, 4) is 0 Å². The van der Waals surface area contributed by atoms with E-state index in [1.807, 2.05) is 21.1 Å². The van der Waals surface area contributed by atoms with Gasteiger partial charge in [0.25, 0.3) is 0 Å². The number of carbonyl (C=O) groups is 1. The Morgan fingerprint density at radius 2 is 1.60 bits per heavy atom. The molecule has 0 bridgehead atoms. The lowest BCUT2D eigenvalue weighted by Crippen LogP contribution is -2.37. The molecule has 0 saturated heterocycles. The molecule has 0 aromatic carbocycles. The lowest BCUT2D eigenvalue weighted by Gasteiger charge is -2.24. The van der Waals surface area contributed by atoms with E-state index in [9.17, 15) is 27.7 Å². The standard InChI is InChI=1S/C14H33N2O6P.C2HF3O2/c1-16(2,3)9-11-21-23(18,19)22-13-14(17)12-20-10-7-5-4-6-8-15;3-2(4,5)1(6)7/h14,17H,4-13,15H2,1-3H3;(H,6,7)/p+1. The van der Waals surface area contributed by atoms with Crippen molar-refractivity contribution in [1.29, 1.82) is 0 Å². The van der Waals surface area contributed by atoms with Crippen LogP contribution in [0.1, 0.15) is 25.7 Å². The third-order valence-corrected chi connectivity index (χ3v) is 4.23. The maximum absolute atomic E-state index is 11.6. The molecule has 0 fully saturated rings. The van der Waals surface area contributed by atoms with Crippen molar-refractivity contribution in [3.05, 3.63) is 0 Å². The molecule has 0 aliphatic heterocycles. The monoisotopic (exact) mass is 471 g/mol. The topological polar surface area (TPSA) is 149 Å². The summed E-state index contributed by atoms with van der Waals surface area (Å²) in [6.07, 6.45) is -2.02. The van der Waals surface area contributed by atoms with Gasteiger partial charge >= 0.3 is 20.0 Å². The van der Waals surface area contributed by atoms with Crippen LogP contribution < -0.4 is 5.73 Å². The molecule has 30 heavy (non-hydrogen) atoms. The van der Waals surface area contributed by atoms with Crippen molar-refractivity contribution >= 4 is 13.8 Å². The SMILES string of the molecule is C[N+](C)(C)CCOP(=O)(O)OCC(O)COCCCCCCN.O=C(O)C(F)(F)F. The molecule has 0 aromatic heterocycles. The fourth-order valence-corrected chi connectivity index (χ4v) is 2.36. The normalized spacial score (nSPS) is 15.1. The van der Waals surface area contributed by atoms with Gasteiger partial charge in [0.2, 0.25) is 0 Å².